The number of nitrogens with zero attached hydrogens (tertiary/aromatic N) is 3. The van der Waals surface area contributed by atoms with Crippen LogP contribution in [0.2, 0.25) is 0 Å². The predicted molar refractivity (Wildman–Crippen MR) is 125 cm³/mol. The van der Waals surface area contributed by atoms with Crippen molar-refractivity contribution in [1.29, 1.82) is 0 Å². The van der Waals surface area contributed by atoms with Gasteiger partial charge in [-0.05, 0) is 37.5 Å². The van der Waals surface area contributed by atoms with Crippen LogP contribution in [-0.4, -0.2) is 80.8 Å². The van der Waals surface area contributed by atoms with E-state index in [0.717, 1.165) is 44.8 Å². The smallest absolute Gasteiger partial charge is 0.475 e. The van der Waals surface area contributed by atoms with Crippen molar-refractivity contribution in [2.75, 3.05) is 19.7 Å². The first kappa shape index (κ1) is 32.4. The summed E-state index contributed by atoms with van der Waals surface area (Å²) >= 11 is 1.75. The number of alkyl halides is 6. The van der Waals surface area contributed by atoms with Crippen LogP contribution in [0, 0.1) is 13.8 Å². The van der Waals surface area contributed by atoms with E-state index >= 15 is 0 Å². The van der Waals surface area contributed by atoms with Crippen molar-refractivity contribution in [1.82, 2.24) is 14.9 Å². The number of pyridine rings is 1. The number of rotatable bonds is 5. The summed E-state index contributed by atoms with van der Waals surface area (Å²) in [5, 5.41) is 17.6. The highest BCUT2D eigenvalue weighted by Gasteiger charge is 2.47. The van der Waals surface area contributed by atoms with E-state index in [1.54, 1.807) is 11.3 Å². The second kappa shape index (κ2) is 13.5. The summed E-state index contributed by atoms with van der Waals surface area (Å²) in [5.41, 5.74) is 3.52. The van der Waals surface area contributed by atoms with Crippen molar-refractivity contribution in [3.63, 3.8) is 0 Å². The van der Waals surface area contributed by atoms with Crippen molar-refractivity contribution in [2.45, 2.75) is 63.9 Å². The molecule has 1 unspecified atom stereocenters. The Balaban J connectivity index is 0.000000317. The number of thiazole rings is 1. The standard InChI is InChI=1S/C19H25N3O2S.2C2HF3O2/c1-14-3-5-20-8-16(14)10-23-17-4-6-24-19(7-17)12-22(13-19)9-18-21-15(2)11-25-18;2*3-2(4,5)1(6)7/h3,5,8,11,17H,4,6-7,9-10,12-13H2,1-2H3;2*(H,6,7). The molecule has 1 spiro atoms. The highest BCUT2D eigenvalue weighted by molar-refractivity contribution is 7.09. The molecule has 0 saturated carbocycles. The average Bonchev–Trinajstić information content (AvgIpc) is 3.22. The van der Waals surface area contributed by atoms with E-state index in [1.165, 1.54) is 16.1 Å². The molecule has 2 aromatic heterocycles. The molecule has 2 saturated heterocycles. The van der Waals surface area contributed by atoms with Gasteiger partial charge in [0, 0.05) is 49.6 Å². The lowest BCUT2D eigenvalue weighted by Gasteiger charge is -2.53. The van der Waals surface area contributed by atoms with Gasteiger partial charge in [0.1, 0.15) is 5.01 Å². The fourth-order valence-corrected chi connectivity index (χ4v) is 4.56. The molecule has 2 fully saturated rings. The maximum atomic E-state index is 10.6. The van der Waals surface area contributed by atoms with Gasteiger partial charge >= 0.3 is 24.3 Å². The largest absolute Gasteiger partial charge is 0.490 e. The van der Waals surface area contributed by atoms with E-state index in [1.807, 2.05) is 25.4 Å². The molecule has 4 heterocycles. The number of aryl methyl sites for hydroxylation is 2. The van der Waals surface area contributed by atoms with Crippen molar-refractivity contribution in [2.24, 2.45) is 0 Å². The van der Waals surface area contributed by atoms with Gasteiger partial charge in [-0.15, -0.1) is 11.3 Å². The molecule has 9 nitrogen and oxygen atoms in total. The third-order valence-corrected chi connectivity index (χ3v) is 6.56. The highest BCUT2D eigenvalue weighted by atomic mass is 32.1. The number of likely N-dealkylation sites (tertiary alicyclic amines) is 1. The van der Waals surface area contributed by atoms with Crippen LogP contribution < -0.4 is 0 Å². The second-order valence-corrected chi connectivity index (χ2v) is 9.84. The summed E-state index contributed by atoms with van der Waals surface area (Å²) in [7, 11) is 0. The molecule has 1 atom stereocenters. The Morgan fingerprint density at radius 3 is 2.23 bits per heavy atom. The Kier molecular flexibility index (Phi) is 11.2. The van der Waals surface area contributed by atoms with E-state index in [2.05, 4.69) is 27.2 Å². The molecule has 0 amide bonds. The molecule has 2 N–H and O–H groups in total. The Morgan fingerprint density at radius 1 is 1.15 bits per heavy atom. The van der Waals surface area contributed by atoms with E-state index in [9.17, 15) is 26.3 Å². The third kappa shape index (κ3) is 10.7. The first-order chi connectivity index (χ1) is 18.0. The fourth-order valence-electron chi connectivity index (χ4n) is 3.75. The molecule has 0 radical (unpaired) electrons. The first-order valence-corrected chi connectivity index (χ1v) is 12.3. The Morgan fingerprint density at radius 2 is 1.74 bits per heavy atom. The van der Waals surface area contributed by atoms with Crippen LogP contribution in [0.25, 0.3) is 0 Å². The summed E-state index contributed by atoms with van der Waals surface area (Å²) in [4.78, 5) is 29.0. The SMILES string of the molecule is Cc1csc(CN2CC3(CC(OCc4cnccc4C)CCO3)C2)n1.O=C(O)C(F)(F)F.O=C(O)C(F)(F)F. The Labute approximate surface area is 223 Å². The van der Waals surface area contributed by atoms with E-state index in [0.29, 0.717) is 6.61 Å². The van der Waals surface area contributed by atoms with Gasteiger partial charge in [0.2, 0.25) is 0 Å². The van der Waals surface area contributed by atoms with Crippen molar-refractivity contribution < 1.29 is 55.6 Å². The number of aromatic nitrogens is 2. The van der Waals surface area contributed by atoms with Crippen LogP contribution in [-0.2, 0) is 32.2 Å². The lowest BCUT2D eigenvalue weighted by Crippen LogP contribution is -2.65. The minimum absolute atomic E-state index is 0.0147. The molecule has 0 aliphatic carbocycles. The molecule has 218 valence electrons. The zero-order chi connectivity index (χ0) is 29.4. The lowest BCUT2D eigenvalue weighted by atomic mass is 9.84. The summed E-state index contributed by atoms with van der Waals surface area (Å²) in [5.74, 6) is -5.51. The van der Waals surface area contributed by atoms with Crippen LogP contribution in [0.4, 0.5) is 26.3 Å². The van der Waals surface area contributed by atoms with Gasteiger partial charge < -0.3 is 19.7 Å². The summed E-state index contributed by atoms with van der Waals surface area (Å²) in [6, 6.07) is 2.04. The molecule has 2 aliphatic rings. The maximum Gasteiger partial charge on any atom is 0.490 e. The number of carboxylic acid groups (broad SMARTS) is 2. The Bertz CT molecular complexity index is 1080. The number of hydrogen-bond acceptors (Lipinski definition) is 8. The number of ether oxygens (including phenoxy) is 2. The van der Waals surface area contributed by atoms with Gasteiger partial charge in [0.05, 0.1) is 24.9 Å². The molecule has 0 bridgehead atoms. The normalized spacial score (nSPS) is 18.7. The minimum Gasteiger partial charge on any atom is -0.475 e. The van der Waals surface area contributed by atoms with Gasteiger partial charge in [0.15, 0.2) is 0 Å². The van der Waals surface area contributed by atoms with Crippen LogP contribution in [0.5, 0.6) is 0 Å². The van der Waals surface area contributed by atoms with Gasteiger partial charge in [0.25, 0.3) is 0 Å². The molecule has 39 heavy (non-hydrogen) atoms. The summed E-state index contributed by atoms with van der Waals surface area (Å²) in [6.45, 7) is 8.49. The van der Waals surface area contributed by atoms with E-state index in [-0.39, 0.29) is 11.7 Å². The monoisotopic (exact) mass is 587 g/mol. The molecule has 4 rings (SSSR count). The summed E-state index contributed by atoms with van der Waals surface area (Å²) in [6.07, 6.45) is -4.19. The van der Waals surface area contributed by atoms with Crippen LogP contribution in [0.1, 0.15) is 34.7 Å². The topological polar surface area (TPSA) is 122 Å². The average molecular weight is 588 g/mol. The zero-order valence-electron chi connectivity index (χ0n) is 20.9. The van der Waals surface area contributed by atoms with Crippen molar-refractivity contribution in [3.8, 4) is 0 Å². The number of carbonyl (C=O) groups is 2. The van der Waals surface area contributed by atoms with Crippen molar-refractivity contribution >= 4 is 23.3 Å². The summed E-state index contributed by atoms with van der Waals surface area (Å²) < 4.78 is 75.8. The van der Waals surface area contributed by atoms with Gasteiger partial charge in [-0.25, -0.2) is 14.6 Å². The number of carboxylic acids is 2. The fraction of sp³-hybridized carbons (Fsp3) is 0.565. The molecule has 2 aromatic rings. The van der Waals surface area contributed by atoms with Crippen LogP contribution >= 0.6 is 11.3 Å². The lowest BCUT2D eigenvalue weighted by molar-refractivity contribution is -0.200. The van der Waals surface area contributed by atoms with Gasteiger partial charge in [-0.2, -0.15) is 26.3 Å². The van der Waals surface area contributed by atoms with Crippen LogP contribution in [0.3, 0.4) is 0 Å². The zero-order valence-corrected chi connectivity index (χ0v) is 21.7. The minimum atomic E-state index is -5.08. The molecule has 2 aliphatic heterocycles. The molecular weight excluding hydrogens is 560 g/mol. The van der Waals surface area contributed by atoms with Crippen LogP contribution in [0.15, 0.2) is 23.8 Å². The van der Waals surface area contributed by atoms with E-state index < -0.39 is 24.3 Å². The van der Waals surface area contributed by atoms with Crippen molar-refractivity contribution in [3.05, 3.63) is 45.7 Å². The Hall–Kier alpha value is -2.82. The highest BCUT2D eigenvalue weighted by Crippen LogP contribution is 2.36. The predicted octanol–water partition coefficient (Wildman–Crippen LogP) is 4.37. The third-order valence-electron chi connectivity index (χ3n) is 5.60. The molecule has 0 aromatic carbocycles. The maximum absolute atomic E-state index is 10.6. The van der Waals surface area contributed by atoms with Gasteiger partial charge in [-0.3, -0.25) is 9.88 Å². The molecule has 16 heteroatoms. The number of hydrogen-bond donors (Lipinski definition) is 2. The second-order valence-electron chi connectivity index (χ2n) is 8.89. The quantitative estimate of drug-likeness (QED) is 0.491. The van der Waals surface area contributed by atoms with E-state index in [4.69, 9.17) is 29.3 Å². The molecular formula is C23H27F6N3O6S. The number of aliphatic carboxylic acids is 2. The first-order valence-electron chi connectivity index (χ1n) is 11.4. The van der Waals surface area contributed by atoms with Gasteiger partial charge in [-0.1, -0.05) is 0 Å². The number of halogens is 6.